The molecule has 0 aromatic heterocycles. The summed E-state index contributed by atoms with van der Waals surface area (Å²) in [7, 11) is 0. The van der Waals surface area contributed by atoms with E-state index in [0.29, 0.717) is 6.04 Å². The fourth-order valence-electron chi connectivity index (χ4n) is 4.14. The number of benzene rings is 2. The SMILES string of the molecule is CC=CC=C(C)CN(CCc1ccccc1)C1CCN(C(=O)c2ccccc2)CC1. The van der Waals surface area contributed by atoms with Crippen LogP contribution in [0.5, 0.6) is 0 Å². The van der Waals surface area contributed by atoms with Gasteiger partial charge in [-0.15, -0.1) is 0 Å². The van der Waals surface area contributed by atoms with Crippen molar-refractivity contribution in [1.82, 2.24) is 9.80 Å². The molecule has 3 nitrogen and oxygen atoms in total. The normalized spacial score (nSPS) is 15.8. The maximum absolute atomic E-state index is 12.8. The first-order valence-corrected chi connectivity index (χ1v) is 11.1. The molecule has 0 spiro atoms. The minimum atomic E-state index is 0.161. The maximum atomic E-state index is 12.8. The predicted octanol–water partition coefficient (Wildman–Crippen LogP) is 5.36. The van der Waals surface area contributed by atoms with Gasteiger partial charge in [0.05, 0.1) is 0 Å². The Balaban J connectivity index is 1.62. The molecular formula is C27H34N2O. The molecule has 1 fully saturated rings. The molecule has 1 heterocycles. The van der Waals surface area contributed by atoms with E-state index in [0.717, 1.165) is 51.0 Å². The molecule has 1 aliphatic heterocycles. The molecule has 158 valence electrons. The summed E-state index contributed by atoms with van der Waals surface area (Å²) in [6.45, 7) is 7.95. The second kappa shape index (κ2) is 11.5. The largest absolute Gasteiger partial charge is 0.339 e. The van der Waals surface area contributed by atoms with Gasteiger partial charge in [0.15, 0.2) is 0 Å². The smallest absolute Gasteiger partial charge is 0.253 e. The Morgan fingerprint density at radius 3 is 2.30 bits per heavy atom. The summed E-state index contributed by atoms with van der Waals surface area (Å²) in [6.07, 6.45) is 9.52. The lowest BCUT2D eigenvalue weighted by Gasteiger charge is -2.39. The number of likely N-dealkylation sites (tertiary alicyclic amines) is 1. The van der Waals surface area contributed by atoms with E-state index in [4.69, 9.17) is 0 Å². The van der Waals surface area contributed by atoms with Crippen LogP contribution in [0.15, 0.2) is 84.5 Å². The van der Waals surface area contributed by atoms with Crippen molar-refractivity contribution in [1.29, 1.82) is 0 Å². The number of piperidine rings is 1. The molecular weight excluding hydrogens is 368 g/mol. The fourth-order valence-corrected chi connectivity index (χ4v) is 4.14. The molecule has 0 N–H and O–H groups in total. The van der Waals surface area contributed by atoms with Gasteiger partial charge in [-0.1, -0.05) is 72.3 Å². The van der Waals surface area contributed by atoms with Gasteiger partial charge in [-0.3, -0.25) is 9.69 Å². The van der Waals surface area contributed by atoms with Crippen LogP contribution in [-0.2, 0) is 6.42 Å². The maximum Gasteiger partial charge on any atom is 0.253 e. The van der Waals surface area contributed by atoms with Gasteiger partial charge in [-0.2, -0.15) is 0 Å². The number of carbonyl (C=O) groups excluding carboxylic acids is 1. The van der Waals surface area contributed by atoms with Gasteiger partial charge in [-0.25, -0.2) is 0 Å². The van der Waals surface area contributed by atoms with Crippen molar-refractivity contribution in [2.24, 2.45) is 0 Å². The van der Waals surface area contributed by atoms with Crippen molar-refractivity contribution in [2.75, 3.05) is 26.2 Å². The molecule has 1 saturated heterocycles. The molecule has 1 amide bonds. The van der Waals surface area contributed by atoms with Gasteiger partial charge in [0.25, 0.3) is 5.91 Å². The summed E-state index contributed by atoms with van der Waals surface area (Å²) in [5.41, 5.74) is 3.56. The standard InChI is InChI=1S/C27H34N2O/c1-3-4-11-23(2)22-29(19-16-24-12-7-5-8-13-24)26-17-20-28(21-18-26)27(30)25-14-9-6-10-15-25/h3-15,26H,16-22H2,1-2H3. The van der Waals surface area contributed by atoms with E-state index >= 15 is 0 Å². The summed E-state index contributed by atoms with van der Waals surface area (Å²) in [5, 5.41) is 0. The van der Waals surface area contributed by atoms with E-state index in [-0.39, 0.29) is 5.91 Å². The minimum Gasteiger partial charge on any atom is -0.339 e. The topological polar surface area (TPSA) is 23.6 Å². The van der Waals surface area contributed by atoms with Gasteiger partial charge >= 0.3 is 0 Å². The summed E-state index contributed by atoms with van der Waals surface area (Å²) in [4.78, 5) is 17.4. The second-order valence-corrected chi connectivity index (χ2v) is 8.13. The van der Waals surface area contributed by atoms with Crippen LogP contribution in [0.4, 0.5) is 0 Å². The number of carbonyl (C=O) groups is 1. The van der Waals surface area contributed by atoms with Gasteiger partial charge in [0.2, 0.25) is 0 Å². The number of amides is 1. The van der Waals surface area contributed by atoms with Gasteiger partial charge in [-0.05, 0) is 50.8 Å². The first-order chi connectivity index (χ1) is 14.7. The molecule has 0 atom stereocenters. The predicted molar refractivity (Wildman–Crippen MR) is 126 cm³/mol. The molecule has 0 saturated carbocycles. The summed E-state index contributed by atoms with van der Waals surface area (Å²) in [5.74, 6) is 0.161. The summed E-state index contributed by atoms with van der Waals surface area (Å²) < 4.78 is 0. The van der Waals surface area contributed by atoms with Crippen LogP contribution in [-0.4, -0.2) is 47.9 Å². The zero-order chi connectivity index (χ0) is 21.2. The van der Waals surface area contributed by atoms with Gasteiger partial charge in [0.1, 0.15) is 0 Å². The average Bonchev–Trinajstić information content (AvgIpc) is 2.81. The highest BCUT2D eigenvalue weighted by Crippen LogP contribution is 2.20. The van der Waals surface area contributed by atoms with Crippen LogP contribution in [0.1, 0.15) is 42.6 Å². The van der Waals surface area contributed by atoms with Crippen molar-refractivity contribution in [2.45, 2.75) is 39.2 Å². The third kappa shape index (κ3) is 6.43. The Hall–Kier alpha value is -2.65. The van der Waals surface area contributed by atoms with Crippen molar-refractivity contribution in [3.05, 3.63) is 95.6 Å². The highest BCUT2D eigenvalue weighted by Gasteiger charge is 2.27. The Morgan fingerprint density at radius 2 is 1.67 bits per heavy atom. The summed E-state index contributed by atoms with van der Waals surface area (Å²) in [6, 6.07) is 20.9. The first kappa shape index (κ1) is 22.0. The third-order valence-electron chi connectivity index (χ3n) is 5.85. The third-order valence-corrected chi connectivity index (χ3v) is 5.85. The van der Waals surface area contributed by atoms with Crippen molar-refractivity contribution >= 4 is 5.91 Å². The second-order valence-electron chi connectivity index (χ2n) is 8.13. The molecule has 3 heteroatoms. The van der Waals surface area contributed by atoms with Crippen LogP contribution in [0.2, 0.25) is 0 Å². The van der Waals surface area contributed by atoms with E-state index in [1.165, 1.54) is 11.1 Å². The van der Waals surface area contributed by atoms with Crippen molar-refractivity contribution in [3.8, 4) is 0 Å². The molecule has 0 bridgehead atoms. The van der Waals surface area contributed by atoms with Crippen LogP contribution in [0.3, 0.4) is 0 Å². The molecule has 0 aliphatic carbocycles. The Morgan fingerprint density at radius 1 is 1.03 bits per heavy atom. The lowest BCUT2D eigenvalue weighted by atomic mass is 10.0. The minimum absolute atomic E-state index is 0.161. The lowest BCUT2D eigenvalue weighted by molar-refractivity contribution is 0.0630. The van der Waals surface area contributed by atoms with Crippen LogP contribution in [0, 0.1) is 0 Å². The zero-order valence-corrected chi connectivity index (χ0v) is 18.3. The highest BCUT2D eigenvalue weighted by atomic mass is 16.2. The number of allylic oxidation sites excluding steroid dienone is 3. The summed E-state index contributed by atoms with van der Waals surface area (Å²) >= 11 is 0. The first-order valence-electron chi connectivity index (χ1n) is 11.1. The Kier molecular flexibility index (Phi) is 8.46. The van der Waals surface area contributed by atoms with Crippen LogP contribution >= 0.6 is 0 Å². The molecule has 2 aromatic rings. The van der Waals surface area contributed by atoms with E-state index in [2.05, 4.69) is 67.3 Å². The molecule has 1 aliphatic rings. The van der Waals surface area contributed by atoms with E-state index in [1.54, 1.807) is 0 Å². The lowest BCUT2D eigenvalue weighted by Crippen LogP contribution is -2.47. The Labute approximate surface area is 181 Å². The molecule has 0 radical (unpaired) electrons. The molecule has 30 heavy (non-hydrogen) atoms. The van der Waals surface area contributed by atoms with E-state index in [9.17, 15) is 4.79 Å². The molecule has 0 unspecified atom stereocenters. The van der Waals surface area contributed by atoms with Gasteiger partial charge < -0.3 is 4.90 Å². The van der Waals surface area contributed by atoms with Crippen LogP contribution in [0.25, 0.3) is 0 Å². The highest BCUT2D eigenvalue weighted by molar-refractivity contribution is 5.94. The average molecular weight is 403 g/mol. The monoisotopic (exact) mass is 402 g/mol. The number of hydrogen-bond donors (Lipinski definition) is 0. The molecule has 3 rings (SSSR count). The Bertz CT molecular complexity index is 834. The van der Waals surface area contributed by atoms with E-state index in [1.807, 2.05) is 35.2 Å². The fraction of sp³-hybridized carbons (Fsp3) is 0.370. The van der Waals surface area contributed by atoms with Crippen molar-refractivity contribution < 1.29 is 4.79 Å². The van der Waals surface area contributed by atoms with E-state index < -0.39 is 0 Å². The van der Waals surface area contributed by atoms with Crippen molar-refractivity contribution in [3.63, 3.8) is 0 Å². The number of nitrogens with zero attached hydrogens (tertiary/aromatic N) is 2. The van der Waals surface area contributed by atoms with Gasteiger partial charge in [0, 0.05) is 37.8 Å². The quantitative estimate of drug-likeness (QED) is 0.555. The molecule has 2 aromatic carbocycles. The number of hydrogen-bond acceptors (Lipinski definition) is 2. The van der Waals surface area contributed by atoms with Crippen LogP contribution < -0.4 is 0 Å². The number of rotatable bonds is 8. The zero-order valence-electron chi connectivity index (χ0n) is 18.3.